The number of carbonyl (C=O) groups is 1. The molecule has 1 amide bonds. The monoisotopic (exact) mass is 375 g/mol. The first-order valence-corrected chi connectivity index (χ1v) is 7.95. The third kappa shape index (κ3) is 3.15. The van der Waals surface area contributed by atoms with Gasteiger partial charge >= 0.3 is 0 Å². The molecule has 110 valence electrons. The van der Waals surface area contributed by atoms with E-state index >= 15 is 0 Å². The molecule has 0 spiro atoms. The minimum Gasteiger partial charge on any atom is -0.268 e. The van der Waals surface area contributed by atoms with Gasteiger partial charge in [0.25, 0.3) is 11.5 Å². The summed E-state index contributed by atoms with van der Waals surface area (Å²) in [5, 5.41) is 0.455. The zero-order valence-corrected chi connectivity index (χ0v) is 13.6. The molecule has 22 heavy (non-hydrogen) atoms. The number of amides is 1. The van der Waals surface area contributed by atoms with Crippen LogP contribution in [-0.4, -0.2) is 15.6 Å². The van der Waals surface area contributed by atoms with E-state index in [1.165, 1.54) is 23.7 Å². The Kier molecular flexibility index (Phi) is 4.17. The summed E-state index contributed by atoms with van der Waals surface area (Å²) in [7, 11) is 0. The molecule has 0 unspecified atom stereocenters. The number of halogens is 1. The van der Waals surface area contributed by atoms with Crippen molar-refractivity contribution in [2.24, 2.45) is 0 Å². The largest absolute Gasteiger partial charge is 0.280 e. The highest BCUT2D eigenvalue weighted by Gasteiger charge is 2.05. The van der Waals surface area contributed by atoms with Gasteiger partial charge in [-0.1, -0.05) is 12.1 Å². The zero-order valence-electron chi connectivity index (χ0n) is 11.2. The quantitative estimate of drug-likeness (QED) is 0.715. The van der Waals surface area contributed by atoms with Crippen LogP contribution < -0.4 is 11.0 Å². The first-order valence-electron chi connectivity index (χ1n) is 6.34. The van der Waals surface area contributed by atoms with Crippen LogP contribution in [0.5, 0.6) is 0 Å². The van der Waals surface area contributed by atoms with Crippen LogP contribution in [0.2, 0.25) is 0 Å². The summed E-state index contributed by atoms with van der Waals surface area (Å²) in [6.45, 7) is 0. The van der Waals surface area contributed by atoms with Crippen molar-refractivity contribution in [3.05, 3.63) is 67.8 Å². The van der Waals surface area contributed by atoms with E-state index in [4.69, 9.17) is 0 Å². The van der Waals surface area contributed by atoms with E-state index in [0.717, 1.165) is 13.3 Å². The molecular formula is C15H10BrN3O2S. The summed E-state index contributed by atoms with van der Waals surface area (Å²) in [6.07, 6.45) is 4.36. The summed E-state index contributed by atoms with van der Waals surface area (Å²) in [4.78, 5) is 29.2. The molecule has 0 bridgehead atoms. The highest BCUT2D eigenvalue weighted by molar-refractivity contribution is 9.11. The summed E-state index contributed by atoms with van der Waals surface area (Å²) in [5.41, 5.74) is 2.77. The number of rotatable bonds is 3. The SMILES string of the molecule is O=C(/C=C/c1ccc(Br)s1)Nn1cnc2ccccc2c1=O. The fraction of sp³-hybridized carbons (Fsp3) is 0. The van der Waals surface area contributed by atoms with Gasteiger partial charge in [0.2, 0.25) is 0 Å². The maximum Gasteiger partial charge on any atom is 0.280 e. The predicted molar refractivity (Wildman–Crippen MR) is 91.4 cm³/mol. The fourth-order valence-electron chi connectivity index (χ4n) is 1.88. The lowest BCUT2D eigenvalue weighted by atomic mass is 10.2. The van der Waals surface area contributed by atoms with Crippen molar-refractivity contribution in [3.8, 4) is 0 Å². The van der Waals surface area contributed by atoms with Crippen molar-refractivity contribution in [3.63, 3.8) is 0 Å². The summed E-state index contributed by atoms with van der Waals surface area (Å²) in [6, 6.07) is 10.8. The van der Waals surface area contributed by atoms with Crippen LogP contribution in [0.4, 0.5) is 0 Å². The Labute approximate surface area is 138 Å². The Bertz CT molecular complexity index is 930. The van der Waals surface area contributed by atoms with Gasteiger partial charge < -0.3 is 0 Å². The number of thiophene rings is 1. The lowest BCUT2D eigenvalue weighted by molar-refractivity contribution is -0.112. The first kappa shape index (κ1) is 14.7. The minimum absolute atomic E-state index is 0.314. The Morgan fingerprint density at radius 2 is 2.09 bits per heavy atom. The van der Waals surface area contributed by atoms with Gasteiger partial charge in [0.1, 0.15) is 6.33 Å². The van der Waals surface area contributed by atoms with Crippen LogP contribution in [0, 0.1) is 0 Å². The van der Waals surface area contributed by atoms with E-state index in [1.807, 2.05) is 12.1 Å². The number of nitrogens with zero attached hydrogens (tertiary/aromatic N) is 2. The predicted octanol–water partition coefficient (Wildman–Crippen LogP) is 3.00. The number of benzene rings is 1. The molecule has 1 aromatic carbocycles. The van der Waals surface area contributed by atoms with Crippen LogP contribution in [0.3, 0.4) is 0 Å². The van der Waals surface area contributed by atoms with E-state index < -0.39 is 5.91 Å². The van der Waals surface area contributed by atoms with Crippen LogP contribution in [0.1, 0.15) is 4.88 Å². The number of carbonyl (C=O) groups excluding carboxylic acids is 1. The van der Waals surface area contributed by atoms with E-state index in [0.29, 0.717) is 10.9 Å². The molecule has 0 atom stereocenters. The van der Waals surface area contributed by atoms with Crippen LogP contribution in [0.25, 0.3) is 17.0 Å². The first-order chi connectivity index (χ1) is 10.6. The van der Waals surface area contributed by atoms with Crippen molar-refractivity contribution in [2.45, 2.75) is 0 Å². The molecule has 0 saturated carbocycles. The number of para-hydroxylation sites is 1. The van der Waals surface area contributed by atoms with E-state index in [-0.39, 0.29) is 5.56 Å². The van der Waals surface area contributed by atoms with Gasteiger partial charge in [0.05, 0.1) is 14.7 Å². The van der Waals surface area contributed by atoms with Gasteiger partial charge in [-0.25, -0.2) is 9.66 Å². The van der Waals surface area contributed by atoms with Crippen molar-refractivity contribution in [1.29, 1.82) is 0 Å². The smallest absolute Gasteiger partial charge is 0.268 e. The number of aromatic nitrogens is 2. The van der Waals surface area contributed by atoms with Gasteiger partial charge in [0.15, 0.2) is 0 Å². The highest BCUT2D eigenvalue weighted by Crippen LogP contribution is 2.22. The topological polar surface area (TPSA) is 64.0 Å². The number of hydrogen-bond acceptors (Lipinski definition) is 4. The molecule has 0 aliphatic carbocycles. The van der Waals surface area contributed by atoms with Crippen molar-refractivity contribution >= 4 is 50.2 Å². The van der Waals surface area contributed by atoms with E-state index in [2.05, 4.69) is 26.3 Å². The minimum atomic E-state index is -0.399. The number of nitrogens with one attached hydrogen (secondary N) is 1. The van der Waals surface area contributed by atoms with Crippen LogP contribution >= 0.6 is 27.3 Å². The van der Waals surface area contributed by atoms with Gasteiger partial charge in [-0.3, -0.25) is 15.0 Å². The second-order valence-corrected chi connectivity index (χ2v) is 6.88. The third-order valence-corrected chi connectivity index (χ3v) is 4.48. The number of hydrogen-bond donors (Lipinski definition) is 1. The highest BCUT2D eigenvalue weighted by atomic mass is 79.9. The molecule has 0 aliphatic rings. The average Bonchev–Trinajstić information content (AvgIpc) is 2.94. The average molecular weight is 376 g/mol. The molecule has 0 saturated heterocycles. The summed E-state index contributed by atoms with van der Waals surface area (Å²) in [5.74, 6) is -0.399. The molecule has 0 aliphatic heterocycles. The zero-order chi connectivity index (χ0) is 15.5. The molecule has 1 N–H and O–H groups in total. The maximum atomic E-state index is 12.2. The molecular weight excluding hydrogens is 366 g/mol. The molecule has 7 heteroatoms. The number of fused-ring (bicyclic) bond motifs is 1. The Balaban J connectivity index is 1.81. The van der Waals surface area contributed by atoms with E-state index in [9.17, 15) is 9.59 Å². The molecule has 5 nitrogen and oxygen atoms in total. The molecule has 3 rings (SSSR count). The van der Waals surface area contributed by atoms with Crippen LogP contribution in [-0.2, 0) is 4.79 Å². The van der Waals surface area contributed by atoms with Gasteiger partial charge in [0, 0.05) is 11.0 Å². The van der Waals surface area contributed by atoms with Crippen molar-refractivity contribution in [1.82, 2.24) is 9.66 Å². The second kappa shape index (κ2) is 6.25. The van der Waals surface area contributed by atoms with Crippen molar-refractivity contribution < 1.29 is 4.79 Å². The molecule has 2 heterocycles. The fourth-order valence-corrected chi connectivity index (χ4v) is 3.21. The third-order valence-electron chi connectivity index (χ3n) is 2.89. The van der Waals surface area contributed by atoms with Gasteiger partial charge in [-0.05, 0) is 46.3 Å². The van der Waals surface area contributed by atoms with Gasteiger partial charge in [-0.2, -0.15) is 0 Å². The van der Waals surface area contributed by atoms with Gasteiger partial charge in [-0.15, -0.1) is 11.3 Å². The molecule has 3 aromatic rings. The lowest BCUT2D eigenvalue weighted by Crippen LogP contribution is -2.32. The Morgan fingerprint density at radius 3 is 2.86 bits per heavy atom. The lowest BCUT2D eigenvalue weighted by Gasteiger charge is -2.06. The molecule has 0 fully saturated rings. The van der Waals surface area contributed by atoms with Crippen molar-refractivity contribution in [2.75, 3.05) is 5.43 Å². The Morgan fingerprint density at radius 1 is 1.27 bits per heavy atom. The molecule has 2 aromatic heterocycles. The van der Waals surface area contributed by atoms with E-state index in [1.54, 1.807) is 30.3 Å². The normalized spacial score (nSPS) is 11.1. The second-order valence-electron chi connectivity index (χ2n) is 4.39. The molecule has 0 radical (unpaired) electrons. The standard InChI is InChI=1S/C15H10BrN3O2S/c16-13-7-5-10(22-13)6-8-14(20)18-19-9-17-12-4-2-1-3-11(12)15(19)21/h1-9H,(H,18,20)/b8-6+. The maximum absolute atomic E-state index is 12.2. The van der Waals surface area contributed by atoms with Crippen LogP contribution in [0.15, 0.2) is 57.4 Å². The summed E-state index contributed by atoms with van der Waals surface area (Å²) >= 11 is 4.87. The summed E-state index contributed by atoms with van der Waals surface area (Å²) < 4.78 is 2.07. The Hall–Kier alpha value is -2.25.